The summed E-state index contributed by atoms with van der Waals surface area (Å²) in [6.07, 6.45) is 1.95. The van der Waals surface area contributed by atoms with Crippen molar-refractivity contribution in [3.05, 3.63) is 59.7 Å². The third-order valence-electron chi connectivity index (χ3n) is 5.99. The maximum atomic E-state index is 12.9. The van der Waals surface area contributed by atoms with Crippen molar-refractivity contribution >= 4 is 29.7 Å². The molecule has 0 radical (unpaired) electrons. The number of hydrogen-bond acceptors (Lipinski definition) is 5. The molecule has 2 aromatic carbocycles. The Kier molecular flexibility index (Phi) is 8.61. The summed E-state index contributed by atoms with van der Waals surface area (Å²) in [5.74, 6) is -0.653. The van der Waals surface area contributed by atoms with Crippen LogP contribution in [-0.2, 0) is 14.3 Å². The molecule has 0 aliphatic heterocycles. The first-order chi connectivity index (χ1) is 16.2. The van der Waals surface area contributed by atoms with Crippen LogP contribution in [0, 0.1) is 0 Å². The van der Waals surface area contributed by atoms with Gasteiger partial charge in [-0.2, -0.15) is 11.8 Å². The van der Waals surface area contributed by atoms with E-state index in [4.69, 9.17) is 9.84 Å². The summed E-state index contributed by atoms with van der Waals surface area (Å²) in [5.41, 5.74) is 3.82. The van der Waals surface area contributed by atoms with Crippen LogP contribution >= 0.6 is 11.8 Å². The fourth-order valence-electron chi connectivity index (χ4n) is 4.19. The van der Waals surface area contributed by atoms with Gasteiger partial charge in [0.15, 0.2) is 0 Å². The lowest BCUT2D eigenvalue weighted by atomic mass is 9.97. The molecule has 3 N–H and O–H groups in total. The summed E-state index contributed by atoms with van der Waals surface area (Å²) in [5, 5.41) is 14.5. The van der Waals surface area contributed by atoms with Crippen LogP contribution in [0.1, 0.15) is 50.2 Å². The maximum Gasteiger partial charge on any atom is 0.407 e. The number of benzene rings is 2. The summed E-state index contributed by atoms with van der Waals surface area (Å²) < 4.78 is 5.59. The van der Waals surface area contributed by atoms with Gasteiger partial charge in [0.25, 0.3) is 0 Å². The summed E-state index contributed by atoms with van der Waals surface area (Å²) in [4.78, 5) is 36.5. The molecule has 2 aromatic rings. The molecule has 3 rings (SSSR count). The highest BCUT2D eigenvalue weighted by Crippen LogP contribution is 2.44. The van der Waals surface area contributed by atoms with E-state index >= 15 is 0 Å². The van der Waals surface area contributed by atoms with E-state index in [1.54, 1.807) is 25.6 Å². The SMILES string of the molecule is CSCCC(NC(=O)OCC1c2ccccc2-c2ccccc21)C(=O)NC(C)(C)CCC(=O)O. The summed E-state index contributed by atoms with van der Waals surface area (Å²) in [6, 6.07) is 15.4. The second-order valence-corrected chi connectivity index (χ2v) is 10.1. The fourth-order valence-corrected chi connectivity index (χ4v) is 4.66. The summed E-state index contributed by atoms with van der Waals surface area (Å²) in [6.45, 7) is 3.71. The molecule has 0 aromatic heterocycles. The lowest BCUT2D eigenvalue weighted by molar-refractivity contribution is -0.138. The zero-order valence-corrected chi connectivity index (χ0v) is 20.6. The molecule has 0 bridgehead atoms. The van der Waals surface area contributed by atoms with Gasteiger partial charge in [-0.1, -0.05) is 48.5 Å². The number of amides is 2. The second-order valence-electron chi connectivity index (χ2n) is 9.07. The minimum Gasteiger partial charge on any atom is -0.481 e. The first-order valence-corrected chi connectivity index (χ1v) is 12.8. The molecular weight excluding hydrogens is 452 g/mol. The lowest BCUT2D eigenvalue weighted by Gasteiger charge is -2.28. The average molecular weight is 485 g/mol. The normalized spacial score (nSPS) is 13.5. The molecule has 1 aliphatic rings. The van der Waals surface area contributed by atoms with Crippen molar-refractivity contribution in [1.82, 2.24) is 10.6 Å². The molecule has 0 saturated heterocycles. The Hall–Kier alpha value is -3.00. The topological polar surface area (TPSA) is 105 Å². The van der Waals surface area contributed by atoms with Gasteiger partial charge in [-0.05, 0) is 61.0 Å². The van der Waals surface area contributed by atoms with E-state index in [1.807, 2.05) is 30.5 Å². The Morgan fingerprint density at radius 3 is 2.21 bits per heavy atom. The van der Waals surface area contributed by atoms with Crippen LogP contribution in [0.5, 0.6) is 0 Å². The monoisotopic (exact) mass is 484 g/mol. The number of fused-ring (bicyclic) bond motifs is 3. The van der Waals surface area contributed by atoms with Crippen LogP contribution in [0.25, 0.3) is 11.1 Å². The lowest BCUT2D eigenvalue weighted by Crippen LogP contribution is -2.53. The highest BCUT2D eigenvalue weighted by Gasteiger charge is 2.31. The van der Waals surface area contributed by atoms with Crippen LogP contribution in [-0.4, -0.2) is 53.3 Å². The number of carbonyl (C=O) groups excluding carboxylic acids is 2. The number of aliphatic carboxylic acids is 1. The Morgan fingerprint density at radius 1 is 1.06 bits per heavy atom. The van der Waals surface area contributed by atoms with Gasteiger partial charge in [-0.3, -0.25) is 9.59 Å². The van der Waals surface area contributed by atoms with Crippen LogP contribution in [0.4, 0.5) is 4.79 Å². The number of thioether (sulfide) groups is 1. The molecule has 1 atom stereocenters. The smallest absolute Gasteiger partial charge is 0.407 e. The molecule has 0 heterocycles. The summed E-state index contributed by atoms with van der Waals surface area (Å²) >= 11 is 1.58. The molecule has 7 nitrogen and oxygen atoms in total. The van der Waals surface area contributed by atoms with Crippen molar-refractivity contribution in [1.29, 1.82) is 0 Å². The van der Waals surface area contributed by atoms with Gasteiger partial charge >= 0.3 is 12.1 Å². The van der Waals surface area contributed by atoms with Gasteiger partial charge in [-0.15, -0.1) is 0 Å². The molecule has 1 aliphatic carbocycles. The fraction of sp³-hybridized carbons (Fsp3) is 0.423. The minimum absolute atomic E-state index is 0.0530. The predicted molar refractivity (Wildman–Crippen MR) is 134 cm³/mol. The first kappa shape index (κ1) is 25.6. The number of carboxylic acid groups (broad SMARTS) is 1. The second kappa shape index (κ2) is 11.4. The number of rotatable bonds is 11. The van der Waals surface area contributed by atoms with E-state index in [9.17, 15) is 14.4 Å². The van der Waals surface area contributed by atoms with E-state index < -0.39 is 23.6 Å². The van der Waals surface area contributed by atoms with E-state index in [0.29, 0.717) is 12.2 Å². The zero-order valence-electron chi connectivity index (χ0n) is 19.8. The Morgan fingerprint density at radius 2 is 1.65 bits per heavy atom. The summed E-state index contributed by atoms with van der Waals surface area (Å²) in [7, 11) is 0. The van der Waals surface area contributed by atoms with Crippen molar-refractivity contribution in [2.75, 3.05) is 18.6 Å². The van der Waals surface area contributed by atoms with Gasteiger partial charge in [0, 0.05) is 17.9 Å². The number of nitrogens with one attached hydrogen (secondary N) is 2. The van der Waals surface area contributed by atoms with Crippen LogP contribution < -0.4 is 10.6 Å². The maximum absolute atomic E-state index is 12.9. The number of carboxylic acids is 1. The van der Waals surface area contributed by atoms with Gasteiger partial charge < -0.3 is 20.5 Å². The Bertz CT molecular complexity index is 994. The molecule has 34 heavy (non-hydrogen) atoms. The Balaban J connectivity index is 1.63. The van der Waals surface area contributed by atoms with E-state index in [1.165, 1.54) is 0 Å². The van der Waals surface area contributed by atoms with Crippen molar-refractivity contribution in [2.45, 2.75) is 50.6 Å². The minimum atomic E-state index is -0.919. The van der Waals surface area contributed by atoms with Gasteiger partial charge in [0.05, 0.1) is 0 Å². The third kappa shape index (κ3) is 6.53. The molecule has 1 unspecified atom stereocenters. The number of carbonyl (C=O) groups is 3. The first-order valence-electron chi connectivity index (χ1n) is 11.4. The zero-order chi connectivity index (χ0) is 24.7. The molecule has 0 spiro atoms. The molecule has 8 heteroatoms. The standard InChI is InChI=1S/C26H32N2O5S/c1-26(2,14-12-23(29)30)28-24(31)22(13-15-34-3)27-25(32)33-16-21-19-10-6-4-8-17(19)18-9-5-7-11-20(18)21/h4-11,21-22H,12-16H2,1-3H3,(H,27,32)(H,28,31)(H,29,30). The molecule has 0 fully saturated rings. The number of alkyl carbamates (subject to hydrolysis) is 1. The molecular formula is C26H32N2O5S. The molecule has 0 saturated carbocycles. The predicted octanol–water partition coefficient (Wildman–Crippen LogP) is 4.41. The van der Waals surface area contributed by atoms with Gasteiger partial charge in [-0.25, -0.2) is 4.79 Å². The van der Waals surface area contributed by atoms with Crippen molar-refractivity contribution in [2.24, 2.45) is 0 Å². The quantitative estimate of drug-likeness (QED) is 0.437. The third-order valence-corrected chi connectivity index (χ3v) is 6.63. The molecule has 182 valence electrons. The van der Waals surface area contributed by atoms with Crippen LogP contribution in [0.3, 0.4) is 0 Å². The van der Waals surface area contributed by atoms with E-state index in [0.717, 1.165) is 22.3 Å². The average Bonchev–Trinajstić information content (AvgIpc) is 3.12. The van der Waals surface area contributed by atoms with E-state index in [2.05, 4.69) is 34.9 Å². The van der Waals surface area contributed by atoms with Crippen molar-refractivity contribution in [3.63, 3.8) is 0 Å². The van der Waals surface area contributed by atoms with Crippen molar-refractivity contribution < 1.29 is 24.2 Å². The highest BCUT2D eigenvalue weighted by atomic mass is 32.2. The van der Waals surface area contributed by atoms with Gasteiger partial charge in [0.2, 0.25) is 5.91 Å². The Labute approximate surface area is 204 Å². The molecule has 2 amide bonds. The van der Waals surface area contributed by atoms with Crippen LogP contribution in [0.15, 0.2) is 48.5 Å². The largest absolute Gasteiger partial charge is 0.481 e. The van der Waals surface area contributed by atoms with E-state index in [-0.39, 0.29) is 31.3 Å². The van der Waals surface area contributed by atoms with Crippen LogP contribution in [0.2, 0.25) is 0 Å². The highest BCUT2D eigenvalue weighted by molar-refractivity contribution is 7.98. The van der Waals surface area contributed by atoms with Crippen molar-refractivity contribution in [3.8, 4) is 11.1 Å². The number of ether oxygens (including phenoxy) is 1. The van der Waals surface area contributed by atoms with Gasteiger partial charge in [0.1, 0.15) is 12.6 Å². The number of hydrogen-bond donors (Lipinski definition) is 3.